The Hall–Kier alpha value is -2.49. The molecular weight excluding hydrogens is 264 g/mol. The van der Waals surface area contributed by atoms with Crippen molar-refractivity contribution in [1.82, 2.24) is 0 Å². The van der Waals surface area contributed by atoms with Gasteiger partial charge in [0.1, 0.15) is 5.75 Å². The van der Waals surface area contributed by atoms with Crippen LogP contribution in [0.5, 0.6) is 5.75 Å². The van der Waals surface area contributed by atoms with Gasteiger partial charge in [-0.15, -0.1) is 0 Å². The topological polar surface area (TPSA) is 61.4 Å². The third-order valence-electron chi connectivity index (χ3n) is 3.24. The third kappa shape index (κ3) is 4.24. The van der Waals surface area contributed by atoms with Gasteiger partial charge in [-0.05, 0) is 42.3 Å². The number of phenols is 1. The van der Waals surface area contributed by atoms with Crippen LogP contribution in [0.3, 0.4) is 0 Å². The van der Waals surface area contributed by atoms with E-state index in [2.05, 4.69) is 10.6 Å². The number of hydrogen-bond donors (Lipinski definition) is 3. The van der Waals surface area contributed by atoms with Gasteiger partial charge in [-0.2, -0.15) is 0 Å². The SMILES string of the molecule is CCC(=O)Nc1ccc(C)c(NCc2cccc(O)c2)c1. The Morgan fingerprint density at radius 1 is 1.19 bits per heavy atom. The van der Waals surface area contributed by atoms with E-state index in [1.54, 1.807) is 12.1 Å². The highest BCUT2D eigenvalue weighted by Crippen LogP contribution is 2.21. The Morgan fingerprint density at radius 3 is 2.71 bits per heavy atom. The van der Waals surface area contributed by atoms with Crippen LogP contribution in [0.1, 0.15) is 24.5 Å². The molecule has 0 aliphatic heterocycles. The van der Waals surface area contributed by atoms with Crippen molar-refractivity contribution in [2.45, 2.75) is 26.8 Å². The molecule has 2 rings (SSSR count). The van der Waals surface area contributed by atoms with Crippen LogP contribution in [-0.2, 0) is 11.3 Å². The average molecular weight is 284 g/mol. The summed E-state index contributed by atoms with van der Waals surface area (Å²) in [6.45, 7) is 4.45. The summed E-state index contributed by atoms with van der Waals surface area (Å²) < 4.78 is 0. The van der Waals surface area contributed by atoms with Gasteiger partial charge in [-0.25, -0.2) is 0 Å². The van der Waals surface area contributed by atoms with Gasteiger partial charge in [0.15, 0.2) is 0 Å². The zero-order chi connectivity index (χ0) is 15.2. The average Bonchev–Trinajstić information content (AvgIpc) is 2.47. The molecule has 0 heterocycles. The molecule has 0 saturated heterocycles. The number of benzene rings is 2. The van der Waals surface area contributed by atoms with Gasteiger partial charge in [0, 0.05) is 24.3 Å². The molecule has 4 heteroatoms. The summed E-state index contributed by atoms with van der Waals surface area (Å²) in [5, 5.41) is 15.6. The van der Waals surface area contributed by atoms with E-state index in [1.807, 2.05) is 44.2 Å². The molecule has 2 aromatic carbocycles. The maximum atomic E-state index is 11.4. The van der Waals surface area contributed by atoms with Crippen LogP contribution in [0.4, 0.5) is 11.4 Å². The highest BCUT2D eigenvalue weighted by molar-refractivity contribution is 5.91. The van der Waals surface area contributed by atoms with E-state index in [0.29, 0.717) is 13.0 Å². The number of amides is 1. The number of rotatable bonds is 5. The molecule has 0 radical (unpaired) electrons. The van der Waals surface area contributed by atoms with Gasteiger partial charge in [-0.3, -0.25) is 4.79 Å². The number of aryl methyl sites for hydroxylation is 1. The molecule has 0 spiro atoms. The number of hydrogen-bond acceptors (Lipinski definition) is 3. The number of aromatic hydroxyl groups is 1. The van der Waals surface area contributed by atoms with Crippen LogP contribution in [0, 0.1) is 6.92 Å². The van der Waals surface area contributed by atoms with Crippen molar-refractivity contribution in [3.63, 3.8) is 0 Å². The number of anilines is 2. The fraction of sp³-hybridized carbons (Fsp3) is 0.235. The quantitative estimate of drug-likeness (QED) is 0.785. The van der Waals surface area contributed by atoms with Crippen molar-refractivity contribution in [1.29, 1.82) is 0 Å². The Balaban J connectivity index is 2.08. The summed E-state index contributed by atoms with van der Waals surface area (Å²) in [6, 6.07) is 12.9. The first-order valence-corrected chi connectivity index (χ1v) is 7.00. The van der Waals surface area contributed by atoms with E-state index in [1.165, 1.54) is 0 Å². The fourth-order valence-corrected chi connectivity index (χ4v) is 2.00. The fourth-order valence-electron chi connectivity index (χ4n) is 2.00. The molecule has 2 aromatic rings. The predicted molar refractivity (Wildman–Crippen MR) is 85.5 cm³/mol. The maximum Gasteiger partial charge on any atom is 0.224 e. The largest absolute Gasteiger partial charge is 0.508 e. The van der Waals surface area contributed by atoms with Gasteiger partial charge in [0.05, 0.1) is 0 Å². The summed E-state index contributed by atoms with van der Waals surface area (Å²) >= 11 is 0. The van der Waals surface area contributed by atoms with Gasteiger partial charge in [0.2, 0.25) is 5.91 Å². The number of phenolic OH excluding ortho intramolecular Hbond substituents is 1. The van der Waals surface area contributed by atoms with Crippen LogP contribution in [0.25, 0.3) is 0 Å². The minimum Gasteiger partial charge on any atom is -0.508 e. The second kappa shape index (κ2) is 6.79. The third-order valence-corrected chi connectivity index (χ3v) is 3.24. The molecule has 0 atom stereocenters. The lowest BCUT2D eigenvalue weighted by atomic mass is 10.1. The summed E-state index contributed by atoms with van der Waals surface area (Å²) in [5.74, 6) is 0.257. The van der Waals surface area contributed by atoms with Gasteiger partial charge in [0.25, 0.3) is 0 Å². The summed E-state index contributed by atoms with van der Waals surface area (Å²) in [6.07, 6.45) is 0.458. The molecule has 110 valence electrons. The van der Waals surface area contributed by atoms with E-state index in [-0.39, 0.29) is 11.7 Å². The molecule has 0 aromatic heterocycles. The Morgan fingerprint density at radius 2 is 2.00 bits per heavy atom. The van der Waals surface area contributed by atoms with Crippen LogP contribution < -0.4 is 10.6 Å². The maximum absolute atomic E-state index is 11.4. The lowest BCUT2D eigenvalue weighted by Crippen LogP contribution is -2.10. The van der Waals surface area contributed by atoms with Gasteiger partial charge in [-0.1, -0.05) is 25.1 Å². The zero-order valence-electron chi connectivity index (χ0n) is 12.3. The molecule has 0 fully saturated rings. The summed E-state index contributed by atoms with van der Waals surface area (Å²) in [4.78, 5) is 11.4. The molecule has 3 N–H and O–H groups in total. The normalized spacial score (nSPS) is 10.2. The standard InChI is InChI=1S/C17H20N2O2/c1-3-17(21)19-14-8-7-12(2)16(10-14)18-11-13-5-4-6-15(20)9-13/h4-10,18,20H,3,11H2,1-2H3,(H,19,21). The van der Waals surface area contributed by atoms with Crippen molar-refractivity contribution in [2.24, 2.45) is 0 Å². The lowest BCUT2D eigenvalue weighted by Gasteiger charge is -2.12. The lowest BCUT2D eigenvalue weighted by molar-refractivity contribution is -0.115. The molecule has 21 heavy (non-hydrogen) atoms. The number of nitrogens with one attached hydrogen (secondary N) is 2. The molecule has 4 nitrogen and oxygen atoms in total. The van der Waals surface area contributed by atoms with E-state index >= 15 is 0 Å². The first kappa shape index (κ1) is 14.9. The number of carbonyl (C=O) groups is 1. The second-order valence-corrected chi connectivity index (χ2v) is 4.95. The number of carbonyl (C=O) groups excluding carboxylic acids is 1. The summed E-state index contributed by atoms with van der Waals surface area (Å²) in [7, 11) is 0. The van der Waals surface area contributed by atoms with E-state index in [9.17, 15) is 9.90 Å². The second-order valence-electron chi connectivity index (χ2n) is 4.95. The van der Waals surface area contributed by atoms with E-state index < -0.39 is 0 Å². The van der Waals surface area contributed by atoms with Gasteiger partial charge < -0.3 is 15.7 Å². The van der Waals surface area contributed by atoms with Crippen LogP contribution >= 0.6 is 0 Å². The van der Waals surface area contributed by atoms with E-state index in [4.69, 9.17) is 0 Å². The summed E-state index contributed by atoms with van der Waals surface area (Å²) in [5.41, 5.74) is 3.85. The minimum absolute atomic E-state index is 0.00205. The highest BCUT2D eigenvalue weighted by Gasteiger charge is 2.03. The Labute approximate surface area is 124 Å². The van der Waals surface area contributed by atoms with Crippen LogP contribution in [0.15, 0.2) is 42.5 Å². The Kier molecular flexibility index (Phi) is 4.82. The molecule has 0 unspecified atom stereocenters. The minimum atomic E-state index is -0.00205. The monoisotopic (exact) mass is 284 g/mol. The smallest absolute Gasteiger partial charge is 0.224 e. The zero-order valence-corrected chi connectivity index (χ0v) is 12.3. The molecular formula is C17H20N2O2. The van der Waals surface area contributed by atoms with Crippen LogP contribution in [-0.4, -0.2) is 11.0 Å². The first-order chi connectivity index (χ1) is 10.1. The van der Waals surface area contributed by atoms with Crippen molar-refractivity contribution in [3.8, 4) is 5.75 Å². The first-order valence-electron chi connectivity index (χ1n) is 7.00. The molecule has 0 saturated carbocycles. The molecule has 1 amide bonds. The van der Waals surface area contributed by atoms with Crippen molar-refractivity contribution >= 4 is 17.3 Å². The van der Waals surface area contributed by atoms with Crippen molar-refractivity contribution < 1.29 is 9.90 Å². The van der Waals surface area contributed by atoms with Crippen LogP contribution in [0.2, 0.25) is 0 Å². The highest BCUT2D eigenvalue weighted by atomic mass is 16.3. The molecule has 0 aliphatic rings. The van der Waals surface area contributed by atoms with Gasteiger partial charge >= 0.3 is 0 Å². The molecule has 0 bridgehead atoms. The molecule has 0 aliphatic carbocycles. The van der Waals surface area contributed by atoms with Crippen molar-refractivity contribution in [2.75, 3.05) is 10.6 Å². The van der Waals surface area contributed by atoms with Crippen molar-refractivity contribution in [3.05, 3.63) is 53.6 Å². The van der Waals surface area contributed by atoms with E-state index in [0.717, 1.165) is 22.5 Å². The predicted octanol–water partition coefficient (Wildman–Crippen LogP) is 3.66. The Bertz CT molecular complexity index is 638.